The van der Waals surface area contributed by atoms with Crippen LogP contribution in [0.15, 0.2) is 30.3 Å². The molecule has 2 N–H and O–H groups in total. The van der Waals surface area contributed by atoms with Crippen molar-refractivity contribution in [3.05, 3.63) is 35.9 Å². The monoisotopic (exact) mass is 290 g/mol. The number of benzene rings is 1. The van der Waals surface area contributed by atoms with Crippen LogP contribution in [0.25, 0.3) is 0 Å². The first-order valence-electron chi connectivity index (χ1n) is 8.33. The molecule has 3 heteroatoms. The van der Waals surface area contributed by atoms with Crippen molar-refractivity contribution in [2.75, 3.05) is 26.7 Å². The summed E-state index contributed by atoms with van der Waals surface area (Å²) in [5.41, 5.74) is 1.36. The van der Waals surface area contributed by atoms with Crippen LogP contribution in [0.5, 0.6) is 0 Å². The Hall–Kier alpha value is -0.900. The molecule has 0 spiro atoms. The van der Waals surface area contributed by atoms with Crippen molar-refractivity contribution in [1.82, 2.24) is 10.2 Å². The van der Waals surface area contributed by atoms with E-state index in [1.54, 1.807) is 0 Å². The number of piperidine rings is 1. The second-order valence-electron chi connectivity index (χ2n) is 6.31. The Morgan fingerprint density at radius 3 is 2.71 bits per heavy atom. The molecule has 3 unspecified atom stereocenters. The molecule has 1 saturated heterocycles. The third-order valence-corrected chi connectivity index (χ3v) is 4.77. The lowest BCUT2D eigenvalue weighted by atomic mass is 9.91. The van der Waals surface area contributed by atoms with E-state index in [-0.39, 0.29) is 0 Å². The van der Waals surface area contributed by atoms with Gasteiger partial charge in [-0.2, -0.15) is 0 Å². The fourth-order valence-electron chi connectivity index (χ4n) is 3.69. The molecule has 1 fully saturated rings. The number of nitrogens with one attached hydrogen (secondary N) is 1. The standard InChI is InChI=1S/C18H30N2O/c1-15(18(19-2)16-8-4-3-5-9-16)14-20-12-7-6-10-17(20)11-13-21/h3-5,8-9,15,17-19,21H,6-7,10-14H2,1-2H3. The molecule has 118 valence electrons. The number of hydrogen-bond acceptors (Lipinski definition) is 3. The number of hydrogen-bond donors (Lipinski definition) is 2. The maximum Gasteiger partial charge on any atom is 0.0445 e. The number of likely N-dealkylation sites (tertiary alicyclic amines) is 1. The van der Waals surface area contributed by atoms with Gasteiger partial charge >= 0.3 is 0 Å². The summed E-state index contributed by atoms with van der Waals surface area (Å²) in [5, 5.41) is 12.7. The Morgan fingerprint density at radius 1 is 1.29 bits per heavy atom. The molecule has 0 bridgehead atoms. The maximum absolute atomic E-state index is 9.26. The molecule has 0 aliphatic carbocycles. The lowest BCUT2D eigenvalue weighted by Gasteiger charge is -2.38. The molecule has 0 aromatic heterocycles. The van der Waals surface area contributed by atoms with Crippen molar-refractivity contribution in [3.63, 3.8) is 0 Å². The molecule has 1 heterocycles. The summed E-state index contributed by atoms with van der Waals surface area (Å²) >= 11 is 0. The second kappa shape index (κ2) is 8.52. The third kappa shape index (κ3) is 4.53. The normalized spacial score (nSPS) is 22.9. The Kier molecular flexibility index (Phi) is 6.68. The number of rotatable bonds is 7. The average Bonchev–Trinajstić information content (AvgIpc) is 2.51. The molecular weight excluding hydrogens is 260 g/mol. The summed E-state index contributed by atoms with van der Waals surface area (Å²) in [6, 6.07) is 11.7. The minimum atomic E-state index is 0.309. The Morgan fingerprint density at radius 2 is 2.05 bits per heavy atom. The van der Waals surface area contributed by atoms with Gasteiger partial charge in [-0.25, -0.2) is 0 Å². The smallest absolute Gasteiger partial charge is 0.0445 e. The minimum absolute atomic E-state index is 0.309. The lowest BCUT2D eigenvalue weighted by Crippen LogP contribution is -2.44. The van der Waals surface area contributed by atoms with Gasteiger partial charge in [0.1, 0.15) is 0 Å². The molecule has 3 nitrogen and oxygen atoms in total. The number of aliphatic hydroxyl groups excluding tert-OH is 1. The Balaban J connectivity index is 1.99. The van der Waals surface area contributed by atoms with E-state index in [1.807, 2.05) is 0 Å². The van der Waals surface area contributed by atoms with Crippen molar-refractivity contribution in [3.8, 4) is 0 Å². The predicted molar refractivity (Wildman–Crippen MR) is 88.3 cm³/mol. The fourth-order valence-corrected chi connectivity index (χ4v) is 3.69. The van der Waals surface area contributed by atoms with Crippen LogP contribution in [-0.4, -0.2) is 42.8 Å². The van der Waals surface area contributed by atoms with Crippen LogP contribution < -0.4 is 5.32 Å². The summed E-state index contributed by atoms with van der Waals surface area (Å²) in [4.78, 5) is 2.59. The quantitative estimate of drug-likeness (QED) is 0.810. The molecule has 0 radical (unpaired) electrons. The summed E-state index contributed by atoms with van der Waals surface area (Å²) in [6.45, 7) is 4.92. The molecule has 2 rings (SSSR count). The van der Waals surface area contributed by atoms with E-state index in [0.29, 0.717) is 24.6 Å². The van der Waals surface area contributed by atoms with Crippen molar-refractivity contribution >= 4 is 0 Å². The summed E-state index contributed by atoms with van der Waals surface area (Å²) in [6.07, 6.45) is 4.76. The highest BCUT2D eigenvalue weighted by molar-refractivity contribution is 5.19. The second-order valence-corrected chi connectivity index (χ2v) is 6.31. The maximum atomic E-state index is 9.26. The van der Waals surface area contributed by atoms with E-state index >= 15 is 0 Å². The topological polar surface area (TPSA) is 35.5 Å². The van der Waals surface area contributed by atoms with Gasteiger partial charge in [-0.15, -0.1) is 0 Å². The fraction of sp³-hybridized carbons (Fsp3) is 0.667. The van der Waals surface area contributed by atoms with E-state index < -0.39 is 0 Å². The highest BCUT2D eigenvalue weighted by Gasteiger charge is 2.26. The predicted octanol–water partition coefficient (Wildman–Crippen LogP) is 2.82. The molecule has 1 aliphatic heterocycles. The van der Waals surface area contributed by atoms with E-state index in [2.05, 4.69) is 54.5 Å². The lowest BCUT2D eigenvalue weighted by molar-refractivity contribution is 0.0970. The van der Waals surface area contributed by atoms with Crippen LogP contribution in [0, 0.1) is 5.92 Å². The largest absolute Gasteiger partial charge is 0.396 e. The molecular formula is C18H30N2O. The van der Waals surface area contributed by atoms with Crippen molar-refractivity contribution in [2.45, 2.75) is 44.7 Å². The minimum Gasteiger partial charge on any atom is -0.396 e. The highest BCUT2D eigenvalue weighted by atomic mass is 16.3. The van der Waals surface area contributed by atoms with Crippen LogP contribution in [0.3, 0.4) is 0 Å². The van der Waals surface area contributed by atoms with E-state index in [0.717, 1.165) is 13.0 Å². The van der Waals surface area contributed by atoms with Gasteiger partial charge in [0.25, 0.3) is 0 Å². The van der Waals surface area contributed by atoms with Crippen LogP contribution in [0.1, 0.15) is 44.2 Å². The zero-order valence-electron chi connectivity index (χ0n) is 13.5. The molecule has 0 amide bonds. The van der Waals surface area contributed by atoms with Gasteiger partial charge in [-0.05, 0) is 44.3 Å². The molecule has 1 aliphatic rings. The van der Waals surface area contributed by atoms with Gasteiger partial charge < -0.3 is 10.4 Å². The molecule has 3 atom stereocenters. The molecule has 0 saturated carbocycles. The summed E-state index contributed by atoms with van der Waals surface area (Å²) in [7, 11) is 2.05. The Labute approximate surface area is 129 Å². The van der Waals surface area contributed by atoms with E-state index in [9.17, 15) is 5.11 Å². The molecule has 21 heavy (non-hydrogen) atoms. The zero-order valence-corrected chi connectivity index (χ0v) is 13.5. The Bertz CT molecular complexity index is 393. The van der Waals surface area contributed by atoms with E-state index in [1.165, 1.54) is 31.4 Å². The summed E-state index contributed by atoms with van der Waals surface area (Å²) < 4.78 is 0. The van der Waals surface area contributed by atoms with Gasteiger partial charge in [0, 0.05) is 25.2 Å². The van der Waals surface area contributed by atoms with Crippen LogP contribution in [0.2, 0.25) is 0 Å². The van der Waals surface area contributed by atoms with Gasteiger partial charge in [0.2, 0.25) is 0 Å². The van der Waals surface area contributed by atoms with Crippen molar-refractivity contribution in [2.24, 2.45) is 5.92 Å². The van der Waals surface area contributed by atoms with Gasteiger partial charge in [0.15, 0.2) is 0 Å². The first-order valence-corrected chi connectivity index (χ1v) is 8.33. The summed E-state index contributed by atoms with van der Waals surface area (Å²) in [5.74, 6) is 0.552. The number of nitrogens with zero attached hydrogens (tertiary/aromatic N) is 1. The first-order chi connectivity index (χ1) is 10.3. The van der Waals surface area contributed by atoms with Crippen molar-refractivity contribution < 1.29 is 5.11 Å². The first kappa shape index (κ1) is 16.5. The SMILES string of the molecule is CNC(c1ccccc1)C(C)CN1CCCCC1CCO. The number of aliphatic hydroxyl groups is 1. The molecule has 1 aromatic carbocycles. The zero-order chi connectivity index (χ0) is 15.1. The van der Waals surface area contributed by atoms with Crippen LogP contribution in [0.4, 0.5) is 0 Å². The highest BCUT2D eigenvalue weighted by Crippen LogP contribution is 2.26. The van der Waals surface area contributed by atoms with Gasteiger partial charge in [-0.3, -0.25) is 4.90 Å². The third-order valence-electron chi connectivity index (χ3n) is 4.77. The van der Waals surface area contributed by atoms with E-state index in [4.69, 9.17) is 0 Å². The van der Waals surface area contributed by atoms with Gasteiger partial charge in [0.05, 0.1) is 0 Å². The van der Waals surface area contributed by atoms with Crippen LogP contribution >= 0.6 is 0 Å². The molecule has 1 aromatic rings. The average molecular weight is 290 g/mol. The van der Waals surface area contributed by atoms with Crippen molar-refractivity contribution in [1.29, 1.82) is 0 Å². The van der Waals surface area contributed by atoms with Gasteiger partial charge in [-0.1, -0.05) is 43.7 Å². The van der Waals surface area contributed by atoms with Crippen LogP contribution in [-0.2, 0) is 0 Å².